The summed E-state index contributed by atoms with van der Waals surface area (Å²) < 4.78 is 5.39. The second kappa shape index (κ2) is 13.1. The summed E-state index contributed by atoms with van der Waals surface area (Å²) in [6, 6.07) is 0.205. The average Bonchev–Trinajstić information content (AvgIpc) is 2.57. The predicted molar refractivity (Wildman–Crippen MR) is 114 cm³/mol. The van der Waals surface area contributed by atoms with E-state index < -0.39 is 0 Å². The maximum absolute atomic E-state index is 6.13. The van der Waals surface area contributed by atoms with Gasteiger partial charge >= 0.3 is 0 Å². The van der Waals surface area contributed by atoms with Crippen molar-refractivity contribution in [3.8, 4) is 0 Å². The van der Waals surface area contributed by atoms with Gasteiger partial charge in [-0.25, -0.2) is 0 Å². The molecule has 4 N–H and O–H groups in total. The fraction of sp³-hybridized carbons (Fsp3) is 0.650. The van der Waals surface area contributed by atoms with E-state index in [9.17, 15) is 0 Å². The lowest BCUT2D eigenvalue weighted by Crippen LogP contribution is -2.21. The molecule has 0 saturated carbocycles. The number of unbranched alkanes of at least 4 members (excludes halogenated alkanes) is 1. The molecule has 144 valence electrons. The van der Waals surface area contributed by atoms with Crippen molar-refractivity contribution in [1.82, 2.24) is 0 Å². The molecule has 0 amide bonds. The van der Waals surface area contributed by atoms with Gasteiger partial charge < -0.3 is 16.2 Å². The van der Waals surface area contributed by atoms with E-state index in [2.05, 4.69) is 38.4 Å². The molecule has 0 aromatic heterocycles. The summed E-state index contributed by atoms with van der Waals surface area (Å²) >= 11 is 1.58. The minimum absolute atomic E-state index is 0.205. The average molecular weight is 368 g/mol. The molecule has 0 fully saturated rings. The van der Waals surface area contributed by atoms with Gasteiger partial charge in [0, 0.05) is 24.0 Å². The van der Waals surface area contributed by atoms with Gasteiger partial charge in [-0.1, -0.05) is 51.6 Å². The lowest BCUT2D eigenvalue weighted by molar-refractivity contribution is 0.306. The maximum Gasteiger partial charge on any atom is 0.125 e. The highest BCUT2D eigenvalue weighted by Gasteiger charge is 2.15. The van der Waals surface area contributed by atoms with Gasteiger partial charge in [0.1, 0.15) is 5.76 Å². The van der Waals surface area contributed by atoms with Crippen LogP contribution < -0.4 is 11.5 Å². The monoisotopic (exact) mass is 367 g/mol. The van der Waals surface area contributed by atoms with E-state index in [1.807, 2.05) is 13.8 Å². The van der Waals surface area contributed by atoms with Crippen molar-refractivity contribution in [3.05, 3.63) is 33.9 Å². The van der Waals surface area contributed by atoms with Crippen LogP contribution in [0.15, 0.2) is 38.9 Å². The molecular formula is C20H37N3OS. The van der Waals surface area contributed by atoms with E-state index in [4.69, 9.17) is 16.2 Å². The van der Waals surface area contributed by atoms with Crippen LogP contribution >= 0.6 is 11.8 Å². The molecule has 2 atom stereocenters. The molecular weight excluding hydrogens is 330 g/mol. The molecule has 0 bridgehead atoms. The number of methoxy groups -OCH3 is 1. The second-order valence-corrected chi connectivity index (χ2v) is 7.53. The molecule has 4 nitrogen and oxygen atoms in total. The van der Waals surface area contributed by atoms with E-state index in [-0.39, 0.29) is 6.04 Å². The fourth-order valence-corrected chi connectivity index (χ4v) is 3.37. The summed E-state index contributed by atoms with van der Waals surface area (Å²) in [5.41, 5.74) is 13.9. The first-order valence-electron chi connectivity index (χ1n) is 9.12. The molecule has 5 heteroatoms. The Morgan fingerprint density at radius 1 is 1.32 bits per heavy atom. The quantitative estimate of drug-likeness (QED) is 0.221. The fourth-order valence-electron chi connectivity index (χ4n) is 2.28. The number of rotatable bonds is 12. The number of allylic oxidation sites excluding steroid dienone is 3. The number of ether oxygens (including phenoxy) is 1. The van der Waals surface area contributed by atoms with Gasteiger partial charge in [-0.3, -0.25) is 4.99 Å². The Kier molecular flexibility index (Phi) is 12.4. The molecule has 0 rings (SSSR count). The zero-order valence-corrected chi connectivity index (χ0v) is 17.7. The molecule has 0 spiro atoms. The Hall–Kier alpha value is -1.20. The highest BCUT2D eigenvalue weighted by molar-refractivity contribution is 8.07. The maximum atomic E-state index is 6.13. The topological polar surface area (TPSA) is 73.6 Å². The summed E-state index contributed by atoms with van der Waals surface area (Å²) in [4.78, 5) is 6.61. The van der Waals surface area contributed by atoms with Crippen molar-refractivity contribution in [1.29, 1.82) is 0 Å². The highest BCUT2D eigenvalue weighted by atomic mass is 32.2. The Morgan fingerprint density at radius 2 is 1.96 bits per heavy atom. The van der Waals surface area contributed by atoms with Gasteiger partial charge in [-0.2, -0.15) is 0 Å². The van der Waals surface area contributed by atoms with Gasteiger partial charge in [-0.15, -0.1) is 0 Å². The number of hydrogen-bond acceptors (Lipinski definition) is 5. The van der Waals surface area contributed by atoms with Crippen molar-refractivity contribution >= 4 is 17.5 Å². The van der Waals surface area contributed by atoms with Gasteiger partial charge in [0.2, 0.25) is 0 Å². The van der Waals surface area contributed by atoms with Gasteiger partial charge in [0.05, 0.1) is 16.9 Å². The summed E-state index contributed by atoms with van der Waals surface area (Å²) in [7, 11) is 1.64. The predicted octanol–water partition coefficient (Wildman–Crippen LogP) is 4.98. The van der Waals surface area contributed by atoms with Crippen LogP contribution in [0.2, 0.25) is 0 Å². The van der Waals surface area contributed by atoms with Crippen LogP contribution in [-0.4, -0.2) is 25.4 Å². The van der Waals surface area contributed by atoms with Crippen LogP contribution in [0.1, 0.15) is 60.3 Å². The standard InChI is InChI=1S/C20H37N3OS/c1-8-10-11-23-16(5)20(15(4)21)25-19(17(6)24-7)13-14(3)12-18(22)9-2/h13-14,18H,6,8-12,21-22H2,1-5,7H3/b19-13+,20-15?,23-16?/t14-,18?/m0/s1. The van der Waals surface area contributed by atoms with E-state index in [1.165, 1.54) is 0 Å². The van der Waals surface area contributed by atoms with Crippen LogP contribution in [0.3, 0.4) is 0 Å². The number of aliphatic imine (C=N–C) groups is 1. The Labute approximate surface area is 158 Å². The molecule has 0 aliphatic rings. The van der Waals surface area contributed by atoms with Crippen molar-refractivity contribution < 1.29 is 4.74 Å². The van der Waals surface area contributed by atoms with Crippen LogP contribution in [0.25, 0.3) is 0 Å². The van der Waals surface area contributed by atoms with Crippen molar-refractivity contribution in [2.45, 2.75) is 66.3 Å². The van der Waals surface area contributed by atoms with Gasteiger partial charge in [-0.05, 0) is 39.0 Å². The molecule has 0 saturated heterocycles. The van der Waals surface area contributed by atoms with Crippen LogP contribution in [0.4, 0.5) is 0 Å². The summed E-state index contributed by atoms with van der Waals surface area (Å²) in [6.45, 7) is 15.2. The number of nitrogens with two attached hydrogens (primary N) is 2. The zero-order chi connectivity index (χ0) is 19.4. The van der Waals surface area contributed by atoms with Crippen LogP contribution in [-0.2, 0) is 4.74 Å². The molecule has 0 aromatic rings. The Morgan fingerprint density at radius 3 is 2.44 bits per heavy atom. The van der Waals surface area contributed by atoms with Crippen LogP contribution in [0.5, 0.6) is 0 Å². The first kappa shape index (κ1) is 23.8. The Balaban J connectivity index is 5.43. The SMILES string of the molecule is C=C(OC)/C(=C\[C@@H](C)CC(N)CC)SC(C(C)=NCCCC)=C(C)N. The normalized spacial score (nSPS) is 16.3. The second-order valence-electron chi connectivity index (χ2n) is 6.47. The summed E-state index contributed by atoms with van der Waals surface area (Å²) in [5, 5.41) is 0. The first-order valence-corrected chi connectivity index (χ1v) is 9.94. The number of thioether (sulfide) groups is 1. The Bertz CT molecular complexity index is 505. The number of hydrogen-bond donors (Lipinski definition) is 2. The van der Waals surface area contributed by atoms with E-state index in [0.717, 1.165) is 53.4 Å². The third kappa shape index (κ3) is 9.75. The lowest BCUT2D eigenvalue weighted by atomic mass is 10.00. The smallest absolute Gasteiger partial charge is 0.125 e. The highest BCUT2D eigenvalue weighted by Crippen LogP contribution is 2.34. The van der Waals surface area contributed by atoms with E-state index >= 15 is 0 Å². The third-order valence-corrected chi connectivity index (χ3v) is 5.32. The minimum Gasteiger partial charge on any atom is -0.496 e. The van der Waals surface area contributed by atoms with Gasteiger partial charge in [0.25, 0.3) is 0 Å². The molecule has 0 radical (unpaired) electrons. The van der Waals surface area contributed by atoms with Crippen LogP contribution in [0, 0.1) is 5.92 Å². The third-order valence-electron chi connectivity index (χ3n) is 3.92. The molecule has 0 aromatic carbocycles. The first-order chi connectivity index (χ1) is 11.8. The van der Waals surface area contributed by atoms with Crippen molar-refractivity contribution in [3.63, 3.8) is 0 Å². The van der Waals surface area contributed by atoms with Gasteiger partial charge in [0.15, 0.2) is 0 Å². The molecule has 0 heterocycles. The molecule has 0 aliphatic carbocycles. The van der Waals surface area contributed by atoms with E-state index in [0.29, 0.717) is 11.7 Å². The molecule has 25 heavy (non-hydrogen) atoms. The van der Waals surface area contributed by atoms with E-state index in [1.54, 1.807) is 18.9 Å². The largest absolute Gasteiger partial charge is 0.496 e. The lowest BCUT2D eigenvalue weighted by Gasteiger charge is -2.17. The van der Waals surface area contributed by atoms with Crippen molar-refractivity contribution in [2.24, 2.45) is 22.4 Å². The number of nitrogens with zero attached hydrogens (tertiary/aromatic N) is 1. The van der Waals surface area contributed by atoms with Crippen molar-refractivity contribution in [2.75, 3.05) is 13.7 Å². The summed E-state index contributed by atoms with van der Waals surface area (Å²) in [5.74, 6) is 0.975. The minimum atomic E-state index is 0.205. The summed E-state index contributed by atoms with van der Waals surface area (Å²) in [6.07, 6.45) is 6.29. The zero-order valence-electron chi connectivity index (χ0n) is 16.9. The molecule has 1 unspecified atom stereocenters. The molecule has 0 aliphatic heterocycles.